The van der Waals surface area contributed by atoms with Crippen molar-refractivity contribution in [2.45, 2.75) is 26.3 Å². The summed E-state index contributed by atoms with van der Waals surface area (Å²) in [6.45, 7) is 7.11. The van der Waals surface area contributed by atoms with Gasteiger partial charge in [0.15, 0.2) is 5.82 Å². The van der Waals surface area contributed by atoms with Crippen LogP contribution < -0.4 is 20.7 Å². The largest absolute Gasteiger partial charge is 0.494 e. The molecule has 0 saturated carbocycles. The molecule has 1 atom stereocenters. The summed E-state index contributed by atoms with van der Waals surface area (Å²) in [6, 6.07) is 19.4. The van der Waals surface area contributed by atoms with Crippen LogP contribution in [0.5, 0.6) is 5.75 Å². The van der Waals surface area contributed by atoms with E-state index in [1.165, 1.54) is 6.92 Å². The van der Waals surface area contributed by atoms with Crippen molar-refractivity contribution < 1.29 is 14.3 Å². The first kappa shape index (κ1) is 27.1. The van der Waals surface area contributed by atoms with Crippen LogP contribution in [-0.4, -0.2) is 71.0 Å². The summed E-state index contributed by atoms with van der Waals surface area (Å²) in [7, 11) is 0. The van der Waals surface area contributed by atoms with Crippen molar-refractivity contribution in [3.63, 3.8) is 0 Å². The van der Waals surface area contributed by atoms with Crippen molar-refractivity contribution in [2.75, 3.05) is 44.6 Å². The molecule has 5 rings (SSSR count). The average molecular weight is 542 g/mol. The number of rotatable bonds is 9. The number of carbonyl (C=O) groups is 2. The van der Waals surface area contributed by atoms with Gasteiger partial charge in [0.1, 0.15) is 22.9 Å². The van der Waals surface area contributed by atoms with Gasteiger partial charge in [-0.25, -0.2) is 9.97 Å². The quantitative estimate of drug-likeness (QED) is 0.238. The molecule has 2 aromatic carbocycles. The zero-order chi connectivity index (χ0) is 27.9. The van der Waals surface area contributed by atoms with Gasteiger partial charge in [-0.3, -0.25) is 9.59 Å². The van der Waals surface area contributed by atoms with Crippen LogP contribution in [0.1, 0.15) is 42.4 Å². The number of hydrogen-bond donors (Lipinski definition) is 4. The predicted octanol–water partition coefficient (Wildman–Crippen LogP) is 3.75. The molecule has 1 saturated heterocycles. The molecule has 10 nitrogen and oxygen atoms in total. The van der Waals surface area contributed by atoms with Gasteiger partial charge >= 0.3 is 0 Å². The summed E-state index contributed by atoms with van der Waals surface area (Å²) < 4.78 is 5.61. The monoisotopic (exact) mass is 541 g/mol. The van der Waals surface area contributed by atoms with E-state index in [2.05, 4.69) is 20.9 Å². The van der Waals surface area contributed by atoms with Gasteiger partial charge in [-0.2, -0.15) is 0 Å². The Morgan fingerprint density at radius 2 is 1.88 bits per heavy atom. The minimum Gasteiger partial charge on any atom is -0.494 e. The highest BCUT2D eigenvalue weighted by atomic mass is 16.5. The van der Waals surface area contributed by atoms with E-state index in [1.807, 2.05) is 72.5 Å². The van der Waals surface area contributed by atoms with E-state index in [0.717, 1.165) is 35.2 Å². The molecule has 40 heavy (non-hydrogen) atoms. The third kappa shape index (κ3) is 6.23. The summed E-state index contributed by atoms with van der Waals surface area (Å²) in [4.78, 5) is 40.1. The van der Waals surface area contributed by atoms with Crippen LogP contribution in [0.15, 0.2) is 60.7 Å². The lowest BCUT2D eigenvalue weighted by Gasteiger charge is -2.30. The lowest BCUT2D eigenvalue weighted by Crippen LogP contribution is -2.37. The van der Waals surface area contributed by atoms with Crippen molar-refractivity contribution in [1.29, 1.82) is 0 Å². The number of ether oxygens (including phenoxy) is 1. The number of carbonyl (C=O) groups excluding carboxylic acids is 2. The first-order valence-corrected chi connectivity index (χ1v) is 13.7. The number of anilines is 1. The Bertz CT molecular complexity index is 1450. The molecule has 0 spiro atoms. The van der Waals surface area contributed by atoms with Gasteiger partial charge in [-0.05, 0) is 43.7 Å². The van der Waals surface area contributed by atoms with Gasteiger partial charge in [-0.15, -0.1) is 0 Å². The second kappa shape index (κ2) is 12.6. The van der Waals surface area contributed by atoms with E-state index in [1.54, 1.807) is 0 Å². The van der Waals surface area contributed by atoms with Gasteiger partial charge in [0, 0.05) is 38.7 Å². The molecule has 0 radical (unpaired) electrons. The fourth-order valence-electron chi connectivity index (χ4n) is 4.92. The number of aromatic amines is 1. The molecule has 208 valence electrons. The zero-order valence-electron chi connectivity index (χ0n) is 22.9. The SMILES string of the molecule is CCOc1ccc(C2CNCCCN2C(=O)c2cc3c(NCCNC(C)=O)nc(-c4ccccc4)nc3[nH]2)cc1. The Morgan fingerprint density at radius 3 is 2.62 bits per heavy atom. The molecule has 3 heterocycles. The van der Waals surface area contributed by atoms with Gasteiger partial charge in [0.25, 0.3) is 5.91 Å². The molecular formula is C30H35N7O3. The lowest BCUT2D eigenvalue weighted by molar-refractivity contribution is -0.118. The Morgan fingerprint density at radius 1 is 1.07 bits per heavy atom. The molecule has 1 aliphatic heterocycles. The first-order chi connectivity index (χ1) is 19.5. The molecule has 1 unspecified atom stereocenters. The van der Waals surface area contributed by atoms with Crippen LogP contribution in [0.25, 0.3) is 22.4 Å². The second-order valence-corrected chi connectivity index (χ2v) is 9.69. The van der Waals surface area contributed by atoms with E-state index in [-0.39, 0.29) is 17.9 Å². The maximum atomic E-state index is 14.0. The Balaban J connectivity index is 1.47. The number of fused-ring (bicyclic) bond motifs is 1. The topological polar surface area (TPSA) is 124 Å². The van der Waals surface area contributed by atoms with E-state index >= 15 is 0 Å². The minimum absolute atomic E-state index is 0.0916. The molecule has 1 fully saturated rings. The third-order valence-electron chi connectivity index (χ3n) is 6.84. The fraction of sp³-hybridized carbons (Fsp3) is 0.333. The smallest absolute Gasteiger partial charge is 0.270 e. The first-order valence-electron chi connectivity index (χ1n) is 13.7. The minimum atomic E-state index is -0.127. The number of benzene rings is 2. The molecule has 1 aliphatic rings. The van der Waals surface area contributed by atoms with Gasteiger partial charge < -0.3 is 30.6 Å². The maximum Gasteiger partial charge on any atom is 0.270 e. The normalized spacial score (nSPS) is 15.4. The highest BCUT2D eigenvalue weighted by Gasteiger charge is 2.29. The number of nitrogens with one attached hydrogen (secondary N) is 4. The number of H-pyrrole nitrogens is 1. The second-order valence-electron chi connectivity index (χ2n) is 9.69. The Hall–Kier alpha value is -4.44. The Kier molecular flexibility index (Phi) is 8.56. The maximum absolute atomic E-state index is 14.0. The van der Waals surface area contributed by atoms with Gasteiger partial charge in [0.05, 0.1) is 18.0 Å². The third-order valence-corrected chi connectivity index (χ3v) is 6.84. The van der Waals surface area contributed by atoms with Crippen LogP contribution in [0.4, 0.5) is 5.82 Å². The fourth-order valence-corrected chi connectivity index (χ4v) is 4.92. The van der Waals surface area contributed by atoms with Crippen LogP contribution in [0, 0.1) is 0 Å². The number of nitrogens with zero attached hydrogens (tertiary/aromatic N) is 3. The van der Waals surface area contributed by atoms with E-state index < -0.39 is 0 Å². The lowest BCUT2D eigenvalue weighted by atomic mass is 10.0. The molecule has 2 amide bonds. The van der Waals surface area contributed by atoms with Crippen LogP contribution in [-0.2, 0) is 4.79 Å². The highest BCUT2D eigenvalue weighted by molar-refractivity contribution is 6.00. The highest BCUT2D eigenvalue weighted by Crippen LogP contribution is 2.29. The summed E-state index contributed by atoms with van der Waals surface area (Å²) in [6.07, 6.45) is 0.855. The summed E-state index contributed by atoms with van der Waals surface area (Å²) in [5, 5.41) is 10.3. The number of hydrogen-bond acceptors (Lipinski definition) is 7. The van der Waals surface area contributed by atoms with E-state index in [0.29, 0.717) is 55.8 Å². The van der Waals surface area contributed by atoms with Crippen LogP contribution >= 0.6 is 0 Å². The van der Waals surface area contributed by atoms with E-state index in [4.69, 9.17) is 14.7 Å². The van der Waals surface area contributed by atoms with Crippen molar-refractivity contribution in [1.82, 2.24) is 30.5 Å². The average Bonchev–Trinajstić information content (AvgIpc) is 3.26. The number of aromatic nitrogens is 3. The zero-order valence-corrected chi connectivity index (χ0v) is 22.9. The van der Waals surface area contributed by atoms with Gasteiger partial charge in [-0.1, -0.05) is 42.5 Å². The molecule has 4 N–H and O–H groups in total. The molecule has 10 heteroatoms. The van der Waals surface area contributed by atoms with Crippen molar-refractivity contribution >= 4 is 28.7 Å². The molecule has 0 bridgehead atoms. The van der Waals surface area contributed by atoms with Crippen LogP contribution in [0.2, 0.25) is 0 Å². The van der Waals surface area contributed by atoms with Crippen molar-refractivity contribution in [2.24, 2.45) is 0 Å². The van der Waals surface area contributed by atoms with Gasteiger partial charge in [0.2, 0.25) is 5.91 Å². The predicted molar refractivity (Wildman–Crippen MR) is 155 cm³/mol. The van der Waals surface area contributed by atoms with E-state index in [9.17, 15) is 9.59 Å². The Labute approximate surface area is 233 Å². The molecule has 2 aromatic heterocycles. The number of amides is 2. The van der Waals surface area contributed by atoms with Crippen LogP contribution in [0.3, 0.4) is 0 Å². The summed E-state index contributed by atoms with van der Waals surface area (Å²) >= 11 is 0. The molecule has 0 aliphatic carbocycles. The van der Waals surface area contributed by atoms with Crippen molar-refractivity contribution in [3.05, 3.63) is 71.9 Å². The summed E-state index contributed by atoms with van der Waals surface area (Å²) in [5.74, 6) is 1.77. The molecular weight excluding hydrogens is 506 g/mol. The van der Waals surface area contributed by atoms with Crippen molar-refractivity contribution in [3.8, 4) is 17.1 Å². The molecule has 4 aromatic rings. The standard InChI is InChI=1S/C30H35N7O3/c1-3-40-23-12-10-21(11-13-23)26-19-31-14-7-17-37(26)30(39)25-18-24-28(33-16-15-32-20(2)38)35-27(36-29(24)34-25)22-8-5-4-6-9-22/h4-6,8-13,18,26,31H,3,7,14-17,19H2,1-2H3,(H,32,38)(H2,33,34,35,36). The summed E-state index contributed by atoms with van der Waals surface area (Å²) in [5.41, 5.74) is 2.95.